The zero-order valence-corrected chi connectivity index (χ0v) is 12.0. The van der Waals surface area contributed by atoms with E-state index in [0.717, 1.165) is 17.1 Å². The summed E-state index contributed by atoms with van der Waals surface area (Å²) >= 11 is 6.00. The largest absolute Gasteiger partial charge is 0.472 e. The standard InChI is InChI=1S/C15H19ClN2O/c1-11-7-13(16)3-4-14(11)15(8-17)18(2)9-12-5-6-19-10-12/h3-7,10,15H,8-9,17H2,1-2H3. The first-order chi connectivity index (χ1) is 9.11. The fourth-order valence-electron chi connectivity index (χ4n) is 2.34. The lowest BCUT2D eigenvalue weighted by Crippen LogP contribution is -2.30. The van der Waals surface area contributed by atoms with Gasteiger partial charge in [-0.1, -0.05) is 17.7 Å². The van der Waals surface area contributed by atoms with Crippen molar-refractivity contribution in [1.29, 1.82) is 0 Å². The molecule has 1 aromatic heterocycles. The van der Waals surface area contributed by atoms with Gasteiger partial charge >= 0.3 is 0 Å². The number of benzene rings is 1. The minimum Gasteiger partial charge on any atom is -0.472 e. The van der Waals surface area contributed by atoms with E-state index in [1.165, 1.54) is 11.1 Å². The minimum absolute atomic E-state index is 0.173. The van der Waals surface area contributed by atoms with Gasteiger partial charge in [-0.3, -0.25) is 4.90 Å². The first kappa shape index (κ1) is 14.1. The van der Waals surface area contributed by atoms with Crippen LogP contribution in [0.1, 0.15) is 22.7 Å². The van der Waals surface area contributed by atoms with Gasteiger partial charge in [-0.05, 0) is 43.3 Å². The molecule has 0 radical (unpaired) electrons. The van der Waals surface area contributed by atoms with E-state index in [2.05, 4.69) is 24.9 Å². The third kappa shape index (κ3) is 3.38. The Kier molecular flexibility index (Phi) is 4.64. The van der Waals surface area contributed by atoms with Crippen LogP contribution in [-0.4, -0.2) is 18.5 Å². The molecule has 0 bridgehead atoms. The van der Waals surface area contributed by atoms with Crippen molar-refractivity contribution in [2.24, 2.45) is 5.73 Å². The van der Waals surface area contributed by atoms with Crippen molar-refractivity contribution in [2.75, 3.05) is 13.6 Å². The van der Waals surface area contributed by atoms with E-state index < -0.39 is 0 Å². The second-order valence-corrected chi connectivity index (χ2v) is 5.24. The van der Waals surface area contributed by atoms with Gasteiger partial charge in [0.1, 0.15) is 0 Å². The highest BCUT2D eigenvalue weighted by Crippen LogP contribution is 2.25. The average molecular weight is 279 g/mol. The maximum absolute atomic E-state index is 6.00. The number of furan rings is 1. The number of halogens is 1. The lowest BCUT2D eigenvalue weighted by atomic mass is 10.00. The van der Waals surface area contributed by atoms with E-state index in [1.54, 1.807) is 12.5 Å². The van der Waals surface area contributed by atoms with Crippen molar-refractivity contribution in [3.63, 3.8) is 0 Å². The van der Waals surface area contributed by atoms with Crippen LogP contribution < -0.4 is 5.73 Å². The van der Waals surface area contributed by atoms with Crippen molar-refractivity contribution in [2.45, 2.75) is 19.5 Å². The topological polar surface area (TPSA) is 42.4 Å². The molecule has 0 amide bonds. The number of aryl methyl sites for hydroxylation is 1. The molecular formula is C15H19ClN2O. The second-order valence-electron chi connectivity index (χ2n) is 4.80. The molecule has 2 aromatic rings. The normalized spacial score (nSPS) is 12.9. The van der Waals surface area contributed by atoms with E-state index in [4.69, 9.17) is 21.8 Å². The summed E-state index contributed by atoms with van der Waals surface area (Å²) in [6, 6.07) is 8.09. The van der Waals surface area contributed by atoms with Gasteiger partial charge in [-0.15, -0.1) is 0 Å². The number of nitrogens with two attached hydrogens (primary N) is 1. The number of nitrogens with zero attached hydrogens (tertiary/aromatic N) is 1. The Bertz CT molecular complexity index is 525. The van der Waals surface area contributed by atoms with Gasteiger partial charge in [0.05, 0.1) is 12.5 Å². The van der Waals surface area contributed by atoms with Gasteiger partial charge in [0.25, 0.3) is 0 Å². The molecule has 3 nitrogen and oxygen atoms in total. The first-order valence-electron chi connectivity index (χ1n) is 6.29. The van der Waals surface area contributed by atoms with Gasteiger partial charge in [-0.2, -0.15) is 0 Å². The van der Waals surface area contributed by atoms with Crippen LogP contribution in [0, 0.1) is 6.92 Å². The Morgan fingerprint density at radius 2 is 2.16 bits per heavy atom. The third-order valence-corrected chi connectivity index (χ3v) is 3.59. The highest BCUT2D eigenvalue weighted by Gasteiger charge is 2.18. The first-order valence-corrected chi connectivity index (χ1v) is 6.67. The van der Waals surface area contributed by atoms with E-state index >= 15 is 0 Å². The van der Waals surface area contributed by atoms with Crippen LogP contribution in [-0.2, 0) is 6.54 Å². The Labute approximate surface area is 119 Å². The highest BCUT2D eigenvalue weighted by molar-refractivity contribution is 6.30. The summed E-state index contributed by atoms with van der Waals surface area (Å²) < 4.78 is 5.10. The zero-order chi connectivity index (χ0) is 13.8. The molecule has 102 valence electrons. The molecule has 1 unspecified atom stereocenters. The Hall–Kier alpha value is -1.29. The molecule has 0 spiro atoms. The summed E-state index contributed by atoms with van der Waals surface area (Å²) in [5, 5.41) is 0.759. The van der Waals surface area contributed by atoms with Crippen molar-refractivity contribution >= 4 is 11.6 Å². The molecule has 2 rings (SSSR count). The van der Waals surface area contributed by atoms with Gasteiger partial charge in [-0.25, -0.2) is 0 Å². The molecule has 1 aromatic carbocycles. The Balaban J connectivity index is 2.18. The number of hydrogen-bond acceptors (Lipinski definition) is 3. The van der Waals surface area contributed by atoms with Crippen LogP contribution in [0.15, 0.2) is 41.2 Å². The third-order valence-electron chi connectivity index (χ3n) is 3.36. The molecule has 19 heavy (non-hydrogen) atoms. The number of likely N-dealkylation sites (N-methyl/N-ethyl adjacent to an activating group) is 1. The lowest BCUT2D eigenvalue weighted by molar-refractivity contribution is 0.240. The van der Waals surface area contributed by atoms with Crippen LogP contribution in [0.4, 0.5) is 0 Å². The summed E-state index contributed by atoms with van der Waals surface area (Å²) in [5.74, 6) is 0. The van der Waals surface area contributed by atoms with Gasteiger partial charge < -0.3 is 10.2 Å². The SMILES string of the molecule is Cc1cc(Cl)ccc1C(CN)N(C)Cc1ccoc1. The molecule has 0 saturated heterocycles. The summed E-state index contributed by atoms with van der Waals surface area (Å²) in [7, 11) is 2.07. The average Bonchev–Trinajstić information content (AvgIpc) is 2.85. The maximum atomic E-state index is 6.00. The molecular weight excluding hydrogens is 260 g/mol. The van der Waals surface area contributed by atoms with E-state index in [1.807, 2.05) is 18.2 Å². The lowest BCUT2D eigenvalue weighted by Gasteiger charge is -2.28. The molecule has 4 heteroatoms. The van der Waals surface area contributed by atoms with Gasteiger partial charge in [0.2, 0.25) is 0 Å². The molecule has 0 aliphatic carbocycles. The summed E-state index contributed by atoms with van der Waals surface area (Å²) in [6.07, 6.45) is 3.45. The molecule has 0 saturated carbocycles. The maximum Gasteiger partial charge on any atom is 0.0947 e. The monoisotopic (exact) mass is 278 g/mol. The quantitative estimate of drug-likeness (QED) is 0.912. The fraction of sp³-hybridized carbons (Fsp3) is 0.333. The molecule has 1 heterocycles. The van der Waals surface area contributed by atoms with Crippen LogP contribution in [0.5, 0.6) is 0 Å². The summed E-state index contributed by atoms with van der Waals surface area (Å²) in [5.41, 5.74) is 9.48. The van der Waals surface area contributed by atoms with Crippen LogP contribution in [0.2, 0.25) is 5.02 Å². The van der Waals surface area contributed by atoms with Crippen LogP contribution in [0.3, 0.4) is 0 Å². The highest BCUT2D eigenvalue weighted by atomic mass is 35.5. The molecule has 0 aliphatic rings. The molecule has 1 atom stereocenters. The number of rotatable bonds is 5. The van der Waals surface area contributed by atoms with Gasteiger partial charge in [0, 0.05) is 29.7 Å². The second kappa shape index (κ2) is 6.24. The number of hydrogen-bond donors (Lipinski definition) is 1. The smallest absolute Gasteiger partial charge is 0.0947 e. The summed E-state index contributed by atoms with van der Waals surface area (Å²) in [4.78, 5) is 2.22. The van der Waals surface area contributed by atoms with Crippen molar-refractivity contribution in [3.05, 3.63) is 58.5 Å². The van der Waals surface area contributed by atoms with Crippen molar-refractivity contribution in [1.82, 2.24) is 4.90 Å². The summed E-state index contributed by atoms with van der Waals surface area (Å²) in [6.45, 7) is 3.44. The molecule has 0 fully saturated rings. The van der Waals surface area contributed by atoms with E-state index in [9.17, 15) is 0 Å². The van der Waals surface area contributed by atoms with Crippen LogP contribution >= 0.6 is 11.6 Å². The van der Waals surface area contributed by atoms with E-state index in [0.29, 0.717) is 6.54 Å². The van der Waals surface area contributed by atoms with Gasteiger partial charge in [0.15, 0.2) is 0 Å². The Morgan fingerprint density at radius 1 is 1.37 bits per heavy atom. The van der Waals surface area contributed by atoms with Crippen molar-refractivity contribution < 1.29 is 4.42 Å². The zero-order valence-electron chi connectivity index (χ0n) is 11.3. The molecule has 2 N–H and O–H groups in total. The molecule has 0 aliphatic heterocycles. The van der Waals surface area contributed by atoms with E-state index in [-0.39, 0.29) is 6.04 Å². The predicted octanol–water partition coefficient (Wildman–Crippen LogP) is 3.37. The Morgan fingerprint density at radius 3 is 2.74 bits per heavy atom. The predicted molar refractivity (Wildman–Crippen MR) is 78.2 cm³/mol. The fourth-order valence-corrected chi connectivity index (χ4v) is 2.56. The minimum atomic E-state index is 0.173. The van der Waals surface area contributed by atoms with Crippen LogP contribution in [0.25, 0.3) is 0 Å². The van der Waals surface area contributed by atoms with Crippen molar-refractivity contribution in [3.8, 4) is 0 Å².